The topological polar surface area (TPSA) is 58.0 Å². The largest absolute Gasteiger partial charge is 0.352 e. The first kappa shape index (κ1) is 30.2. The third-order valence-corrected chi connectivity index (χ3v) is 7.50. The lowest BCUT2D eigenvalue weighted by molar-refractivity contribution is 0.158. The Hall–Kier alpha value is -2.03. The van der Waals surface area contributed by atoms with Crippen molar-refractivity contribution in [1.29, 1.82) is 0 Å². The zero-order chi connectivity index (χ0) is 22.8. The molecule has 6 nitrogen and oxygen atoms in total. The van der Waals surface area contributed by atoms with E-state index in [-0.39, 0.29) is 43.4 Å². The van der Waals surface area contributed by atoms with Gasteiger partial charge >= 0.3 is 0 Å². The van der Waals surface area contributed by atoms with Gasteiger partial charge in [-0.3, -0.25) is 4.90 Å². The Morgan fingerprint density at radius 3 is 2.47 bits per heavy atom. The predicted molar refractivity (Wildman–Crippen MR) is 160 cm³/mol. The van der Waals surface area contributed by atoms with Gasteiger partial charge in [0.15, 0.2) is 5.13 Å². The van der Waals surface area contributed by atoms with Gasteiger partial charge in [-0.15, -0.1) is 48.6 Å². The van der Waals surface area contributed by atoms with Gasteiger partial charge in [0.1, 0.15) is 0 Å². The quantitative estimate of drug-likeness (QED) is 0.249. The zero-order valence-corrected chi connectivity index (χ0v) is 24.1. The molecule has 2 aromatic carbocycles. The molecule has 196 valence electrons. The van der Waals surface area contributed by atoms with Crippen LogP contribution in [0.2, 0.25) is 0 Å². The van der Waals surface area contributed by atoms with E-state index in [1.54, 1.807) is 11.3 Å². The number of nitrogens with one attached hydrogen (secondary N) is 2. The van der Waals surface area contributed by atoms with Crippen LogP contribution >= 0.6 is 48.6 Å². The molecule has 1 saturated heterocycles. The van der Waals surface area contributed by atoms with Gasteiger partial charge in [0, 0.05) is 37.3 Å². The SMILES string of the molecule is Cc1ccc(CNc2nc3ccccc3n2C2CCN(C(C)Nc3nccs3)CC2)cc1C.Cl.Cl.Cl. The number of likely N-dealkylation sites (tertiary alicyclic amines) is 1. The monoisotopic (exact) mass is 568 g/mol. The van der Waals surface area contributed by atoms with Crippen molar-refractivity contribution in [2.45, 2.75) is 52.4 Å². The molecule has 0 bridgehead atoms. The lowest BCUT2D eigenvalue weighted by atomic mass is 10.0. The Balaban J connectivity index is 0.00000152. The third kappa shape index (κ3) is 6.64. The van der Waals surface area contributed by atoms with Crippen LogP contribution in [0, 0.1) is 13.8 Å². The van der Waals surface area contributed by atoms with E-state index in [1.807, 2.05) is 11.6 Å². The predicted octanol–water partition coefficient (Wildman–Crippen LogP) is 7.08. The van der Waals surface area contributed by atoms with Gasteiger partial charge in [-0.25, -0.2) is 9.97 Å². The summed E-state index contributed by atoms with van der Waals surface area (Å²) in [6.45, 7) is 9.43. The molecule has 2 N–H and O–H groups in total. The molecule has 1 unspecified atom stereocenters. The molecular weight excluding hydrogens is 535 g/mol. The number of para-hydroxylation sites is 2. The fourth-order valence-corrected chi connectivity index (χ4v) is 5.34. The van der Waals surface area contributed by atoms with Gasteiger partial charge in [0.05, 0.1) is 17.2 Å². The van der Waals surface area contributed by atoms with Crippen molar-refractivity contribution >= 4 is 70.7 Å². The normalized spacial score (nSPS) is 14.9. The molecule has 2 aromatic heterocycles. The average molecular weight is 570 g/mol. The summed E-state index contributed by atoms with van der Waals surface area (Å²) in [6.07, 6.45) is 4.33. The molecule has 4 aromatic rings. The highest BCUT2D eigenvalue weighted by Gasteiger charge is 2.27. The number of benzene rings is 2. The van der Waals surface area contributed by atoms with Crippen LogP contribution in [0.25, 0.3) is 11.0 Å². The molecular formula is C26H35Cl3N6S. The first-order valence-corrected chi connectivity index (χ1v) is 12.6. The number of piperidine rings is 1. The van der Waals surface area contributed by atoms with Gasteiger partial charge in [-0.2, -0.15) is 0 Å². The molecule has 36 heavy (non-hydrogen) atoms. The lowest BCUT2D eigenvalue weighted by Gasteiger charge is -2.37. The lowest BCUT2D eigenvalue weighted by Crippen LogP contribution is -2.44. The van der Waals surface area contributed by atoms with Crippen molar-refractivity contribution in [1.82, 2.24) is 19.4 Å². The number of hydrogen-bond donors (Lipinski definition) is 2. The standard InChI is InChI=1S/C26H32N6S.3ClH/c1-18-8-9-21(16-19(18)2)17-28-25-30-23-6-4-5-7-24(23)32(25)22-10-13-31(14-11-22)20(3)29-26-27-12-15-33-26;;;/h4-9,12,15-16,20,22H,10-11,13-14,17H2,1-3H3,(H,27,29)(H,28,30);3*1H. The number of nitrogens with zero attached hydrogens (tertiary/aromatic N) is 4. The second-order valence-electron chi connectivity index (χ2n) is 8.99. The molecule has 1 aliphatic heterocycles. The number of halogens is 3. The fourth-order valence-electron chi connectivity index (χ4n) is 4.73. The van der Waals surface area contributed by atoms with Crippen LogP contribution in [0.5, 0.6) is 0 Å². The van der Waals surface area contributed by atoms with E-state index >= 15 is 0 Å². The fraction of sp³-hybridized carbons (Fsp3) is 0.385. The maximum absolute atomic E-state index is 4.97. The molecule has 0 saturated carbocycles. The van der Waals surface area contributed by atoms with Crippen molar-refractivity contribution in [3.63, 3.8) is 0 Å². The van der Waals surface area contributed by atoms with E-state index in [9.17, 15) is 0 Å². The smallest absolute Gasteiger partial charge is 0.204 e. The van der Waals surface area contributed by atoms with Crippen LogP contribution < -0.4 is 10.6 Å². The number of anilines is 2. The Morgan fingerprint density at radius 1 is 1.03 bits per heavy atom. The number of aryl methyl sites for hydroxylation is 2. The Bertz CT molecular complexity index is 1220. The van der Waals surface area contributed by atoms with Crippen LogP contribution in [0.4, 0.5) is 11.1 Å². The highest BCUT2D eigenvalue weighted by Crippen LogP contribution is 2.32. The summed E-state index contributed by atoms with van der Waals surface area (Å²) in [5.41, 5.74) is 6.22. The van der Waals surface area contributed by atoms with E-state index in [1.165, 1.54) is 22.2 Å². The molecule has 0 amide bonds. The van der Waals surface area contributed by atoms with Crippen molar-refractivity contribution < 1.29 is 0 Å². The average Bonchev–Trinajstić information content (AvgIpc) is 3.47. The van der Waals surface area contributed by atoms with Crippen LogP contribution in [0.1, 0.15) is 42.5 Å². The number of thiazole rings is 1. The van der Waals surface area contributed by atoms with Crippen molar-refractivity contribution in [3.05, 3.63) is 70.7 Å². The maximum atomic E-state index is 4.97. The minimum atomic E-state index is 0. The summed E-state index contributed by atoms with van der Waals surface area (Å²) >= 11 is 1.65. The van der Waals surface area contributed by atoms with Crippen LogP contribution in [0.15, 0.2) is 54.0 Å². The molecule has 0 spiro atoms. The Labute approximate surface area is 236 Å². The Morgan fingerprint density at radius 2 is 1.78 bits per heavy atom. The first-order chi connectivity index (χ1) is 16.1. The van der Waals surface area contributed by atoms with Gasteiger partial charge in [0.2, 0.25) is 5.95 Å². The number of aromatic nitrogens is 3. The summed E-state index contributed by atoms with van der Waals surface area (Å²) in [5.74, 6) is 0.974. The summed E-state index contributed by atoms with van der Waals surface area (Å²) in [5, 5.41) is 10.2. The molecule has 1 fully saturated rings. The van der Waals surface area contributed by atoms with E-state index in [4.69, 9.17) is 4.98 Å². The van der Waals surface area contributed by atoms with E-state index in [2.05, 4.69) is 88.3 Å². The number of imidazole rings is 1. The molecule has 0 radical (unpaired) electrons. The van der Waals surface area contributed by atoms with E-state index < -0.39 is 0 Å². The van der Waals surface area contributed by atoms with Gasteiger partial charge < -0.3 is 15.2 Å². The number of rotatable bonds is 7. The van der Waals surface area contributed by atoms with Crippen molar-refractivity contribution in [3.8, 4) is 0 Å². The summed E-state index contributed by atoms with van der Waals surface area (Å²) in [4.78, 5) is 11.8. The highest BCUT2D eigenvalue weighted by atomic mass is 35.5. The molecule has 5 rings (SSSR count). The first-order valence-electron chi connectivity index (χ1n) is 11.8. The van der Waals surface area contributed by atoms with Gasteiger partial charge in [-0.05, 0) is 62.4 Å². The Kier molecular flexibility index (Phi) is 11.3. The van der Waals surface area contributed by atoms with E-state index in [0.29, 0.717) is 6.04 Å². The third-order valence-electron chi connectivity index (χ3n) is 6.79. The second kappa shape index (κ2) is 13.5. The maximum Gasteiger partial charge on any atom is 0.204 e. The molecule has 10 heteroatoms. The van der Waals surface area contributed by atoms with Gasteiger partial charge in [0.25, 0.3) is 0 Å². The number of hydrogen-bond acceptors (Lipinski definition) is 6. The summed E-state index contributed by atoms with van der Waals surface area (Å²) in [7, 11) is 0. The van der Waals surface area contributed by atoms with E-state index in [0.717, 1.165) is 49.1 Å². The highest BCUT2D eigenvalue weighted by molar-refractivity contribution is 7.13. The molecule has 1 aliphatic rings. The second-order valence-corrected chi connectivity index (χ2v) is 9.89. The minimum absolute atomic E-state index is 0. The van der Waals surface area contributed by atoms with Crippen molar-refractivity contribution in [2.75, 3.05) is 23.7 Å². The van der Waals surface area contributed by atoms with Crippen LogP contribution in [-0.2, 0) is 6.54 Å². The zero-order valence-electron chi connectivity index (χ0n) is 20.8. The van der Waals surface area contributed by atoms with Crippen LogP contribution in [0.3, 0.4) is 0 Å². The molecule has 3 heterocycles. The summed E-state index contributed by atoms with van der Waals surface area (Å²) in [6, 6.07) is 15.6. The summed E-state index contributed by atoms with van der Waals surface area (Å²) < 4.78 is 2.44. The van der Waals surface area contributed by atoms with Gasteiger partial charge in [-0.1, -0.05) is 30.3 Å². The number of fused-ring (bicyclic) bond motifs is 1. The van der Waals surface area contributed by atoms with Crippen LogP contribution in [-0.4, -0.2) is 38.7 Å². The molecule has 0 aliphatic carbocycles. The molecule has 1 atom stereocenters. The van der Waals surface area contributed by atoms with Crippen molar-refractivity contribution in [2.24, 2.45) is 0 Å². The minimum Gasteiger partial charge on any atom is -0.352 e.